The van der Waals surface area contributed by atoms with E-state index in [0.717, 1.165) is 16.8 Å². The van der Waals surface area contributed by atoms with Crippen molar-refractivity contribution in [1.29, 1.82) is 5.26 Å². The Bertz CT molecular complexity index is 1010. The maximum absolute atomic E-state index is 12.4. The molecule has 128 valence electrons. The number of aryl methyl sites for hydroxylation is 2. The molecule has 0 saturated carbocycles. The largest absolute Gasteiger partial charge is 0.321 e. The maximum atomic E-state index is 12.4. The molecule has 0 atom stereocenters. The zero-order chi connectivity index (χ0) is 18.5. The average molecular weight is 342 g/mol. The molecule has 0 aliphatic heterocycles. The topological polar surface area (TPSA) is 70.7 Å². The molecule has 1 N–H and O–H groups in total. The number of hydrogen-bond donors (Lipinski definition) is 1. The van der Waals surface area contributed by atoms with Crippen LogP contribution in [0.5, 0.6) is 0 Å². The minimum Gasteiger partial charge on any atom is -0.321 e. The zero-order valence-corrected chi connectivity index (χ0v) is 14.6. The van der Waals surface area contributed by atoms with Gasteiger partial charge in [-0.1, -0.05) is 24.3 Å². The van der Waals surface area contributed by atoms with Crippen LogP contribution in [0.4, 0.5) is 5.69 Å². The second-order valence-electron chi connectivity index (χ2n) is 5.98. The number of nitrogens with one attached hydrogen (secondary N) is 1. The number of nitriles is 1. The summed E-state index contributed by atoms with van der Waals surface area (Å²) in [4.78, 5) is 12.4. The summed E-state index contributed by atoms with van der Waals surface area (Å²) in [6.07, 6.45) is 4.92. The summed E-state index contributed by atoms with van der Waals surface area (Å²) in [5.41, 5.74) is 4.50. The smallest absolute Gasteiger partial charge is 0.266 e. The van der Waals surface area contributed by atoms with Gasteiger partial charge in [0.2, 0.25) is 0 Å². The van der Waals surface area contributed by atoms with Gasteiger partial charge < -0.3 is 5.32 Å². The molecular formula is C21H18N4O. The Labute approximate surface area is 152 Å². The first-order valence-electron chi connectivity index (χ1n) is 8.17. The van der Waals surface area contributed by atoms with Gasteiger partial charge in [0, 0.05) is 17.4 Å². The lowest BCUT2D eigenvalue weighted by molar-refractivity contribution is -0.112. The fourth-order valence-electron chi connectivity index (χ4n) is 2.47. The Balaban J connectivity index is 1.80. The van der Waals surface area contributed by atoms with Gasteiger partial charge in [-0.15, -0.1) is 0 Å². The highest BCUT2D eigenvalue weighted by molar-refractivity contribution is 6.09. The van der Waals surface area contributed by atoms with Crippen LogP contribution in [0.15, 0.2) is 66.5 Å². The van der Waals surface area contributed by atoms with E-state index in [1.165, 1.54) is 6.08 Å². The van der Waals surface area contributed by atoms with E-state index < -0.39 is 5.91 Å². The number of nitrogens with zero attached hydrogens (tertiary/aromatic N) is 3. The van der Waals surface area contributed by atoms with Crippen LogP contribution < -0.4 is 5.32 Å². The fraction of sp³-hybridized carbons (Fsp3) is 0.0952. The number of anilines is 1. The monoisotopic (exact) mass is 342 g/mol. The molecule has 26 heavy (non-hydrogen) atoms. The number of hydrogen-bond acceptors (Lipinski definition) is 3. The Hall–Kier alpha value is -3.65. The van der Waals surface area contributed by atoms with Gasteiger partial charge >= 0.3 is 0 Å². The molecule has 0 spiro atoms. The summed E-state index contributed by atoms with van der Waals surface area (Å²) < 4.78 is 1.70. The van der Waals surface area contributed by atoms with Crippen LogP contribution >= 0.6 is 0 Å². The van der Waals surface area contributed by atoms with E-state index in [1.807, 2.05) is 68.4 Å². The Kier molecular flexibility index (Phi) is 4.95. The highest BCUT2D eigenvalue weighted by Gasteiger charge is 2.11. The van der Waals surface area contributed by atoms with Gasteiger partial charge in [-0.05, 0) is 55.3 Å². The molecule has 1 heterocycles. The molecule has 3 aromatic rings. The predicted molar refractivity (Wildman–Crippen MR) is 102 cm³/mol. The van der Waals surface area contributed by atoms with Gasteiger partial charge in [0.15, 0.2) is 0 Å². The van der Waals surface area contributed by atoms with Crippen molar-refractivity contribution in [2.24, 2.45) is 0 Å². The van der Waals surface area contributed by atoms with E-state index in [-0.39, 0.29) is 5.57 Å². The van der Waals surface area contributed by atoms with Crippen molar-refractivity contribution in [3.05, 3.63) is 83.2 Å². The van der Waals surface area contributed by atoms with Crippen LogP contribution in [0.2, 0.25) is 0 Å². The van der Waals surface area contributed by atoms with Crippen molar-refractivity contribution in [1.82, 2.24) is 9.78 Å². The summed E-state index contributed by atoms with van der Waals surface area (Å²) in [7, 11) is 0. The number of carbonyl (C=O) groups is 1. The summed E-state index contributed by atoms with van der Waals surface area (Å²) in [5, 5.41) is 16.4. The molecule has 3 rings (SSSR count). The molecule has 0 fully saturated rings. The molecule has 0 aliphatic rings. The fourth-order valence-corrected chi connectivity index (χ4v) is 2.47. The predicted octanol–water partition coefficient (Wildman–Crippen LogP) is 4.03. The third-order valence-electron chi connectivity index (χ3n) is 4.06. The molecule has 0 radical (unpaired) electrons. The average Bonchev–Trinajstić information content (AvgIpc) is 3.12. The van der Waals surface area contributed by atoms with Crippen molar-refractivity contribution in [2.75, 3.05) is 5.32 Å². The lowest BCUT2D eigenvalue weighted by Crippen LogP contribution is -2.13. The number of carbonyl (C=O) groups excluding carboxylic acids is 1. The van der Waals surface area contributed by atoms with Crippen LogP contribution in [-0.4, -0.2) is 15.7 Å². The standard InChI is InChI=1S/C21H18N4O/c1-15-8-9-19(10-16(15)2)24-21(26)18(12-22)11-17-13-23-25(14-17)20-6-4-3-5-7-20/h3-11,13-14H,1-2H3,(H,24,26)/b18-11+. The molecule has 5 heteroatoms. The van der Waals surface area contributed by atoms with E-state index in [9.17, 15) is 10.1 Å². The van der Waals surface area contributed by atoms with Crippen molar-refractivity contribution in [3.8, 4) is 11.8 Å². The van der Waals surface area contributed by atoms with Crippen LogP contribution in [0.3, 0.4) is 0 Å². The van der Waals surface area contributed by atoms with Gasteiger partial charge in [-0.2, -0.15) is 10.4 Å². The summed E-state index contributed by atoms with van der Waals surface area (Å²) in [5.74, 6) is -0.441. The van der Waals surface area contributed by atoms with E-state index >= 15 is 0 Å². The number of rotatable bonds is 4. The Morgan fingerprint density at radius 2 is 1.92 bits per heavy atom. The van der Waals surface area contributed by atoms with Crippen LogP contribution in [0.1, 0.15) is 16.7 Å². The first kappa shape index (κ1) is 17.2. The van der Waals surface area contributed by atoms with Gasteiger partial charge in [0.25, 0.3) is 5.91 Å². The third-order valence-corrected chi connectivity index (χ3v) is 4.06. The summed E-state index contributed by atoms with van der Waals surface area (Å²) >= 11 is 0. The van der Waals surface area contributed by atoms with Crippen molar-refractivity contribution in [2.45, 2.75) is 13.8 Å². The van der Waals surface area contributed by atoms with Gasteiger partial charge in [-0.25, -0.2) is 4.68 Å². The van der Waals surface area contributed by atoms with Gasteiger partial charge in [0.1, 0.15) is 11.6 Å². The Morgan fingerprint density at radius 1 is 1.15 bits per heavy atom. The highest BCUT2D eigenvalue weighted by atomic mass is 16.1. The van der Waals surface area contributed by atoms with Crippen LogP contribution in [-0.2, 0) is 4.79 Å². The van der Waals surface area contributed by atoms with E-state index in [2.05, 4.69) is 10.4 Å². The number of aromatic nitrogens is 2. The van der Waals surface area contributed by atoms with Crippen LogP contribution in [0, 0.1) is 25.2 Å². The zero-order valence-electron chi connectivity index (χ0n) is 14.6. The van der Waals surface area contributed by atoms with Crippen molar-refractivity contribution in [3.63, 3.8) is 0 Å². The molecule has 0 unspecified atom stereocenters. The number of benzene rings is 2. The molecule has 0 saturated heterocycles. The van der Waals surface area contributed by atoms with E-state index in [0.29, 0.717) is 11.3 Å². The van der Waals surface area contributed by atoms with Crippen molar-refractivity contribution < 1.29 is 4.79 Å². The SMILES string of the molecule is Cc1ccc(NC(=O)/C(C#N)=C/c2cnn(-c3ccccc3)c2)cc1C. The first-order chi connectivity index (χ1) is 12.6. The molecular weight excluding hydrogens is 324 g/mol. The maximum Gasteiger partial charge on any atom is 0.266 e. The molecule has 1 aromatic heterocycles. The van der Waals surface area contributed by atoms with E-state index in [1.54, 1.807) is 17.1 Å². The minimum absolute atomic E-state index is 0.0239. The molecule has 2 aromatic carbocycles. The Morgan fingerprint density at radius 3 is 2.62 bits per heavy atom. The molecule has 5 nitrogen and oxygen atoms in total. The summed E-state index contributed by atoms with van der Waals surface area (Å²) in [6.45, 7) is 3.98. The molecule has 1 amide bonds. The van der Waals surface area contributed by atoms with E-state index in [4.69, 9.17) is 0 Å². The lowest BCUT2D eigenvalue weighted by atomic mass is 10.1. The minimum atomic E-state index is -0.441. The molecule has 0 bridgehead atoms. The highest BCUT2D eigenvalue weighted by Crippen LogP contribution is 2.16. The summed E-state index contributed by atoms with van der Waals surface area (Å²) in [6, 6.07) is 17.2. The lowest BCUT2D eigenvalue weighted by Gasteiger charge is -2.06. The first-order valence-corrected chi connectivity index (χ1v) is 8.17. The molecule has 0 aliphatic carbocycles. The normalized spacial score (nSPS) is 11.0. The van der Waals surface area contributed by atoms with Gasteiger partial charge in [0.05, 0.1) is 11.9 Å². The van der Waals surface area contributed by atoms with Crippen molar-refractivity contribution >= 4 is 17.7 Å². The quantitative estimate of drug-likeness (QED) is 0.575. The van der Waals surface area contributed by atoms with Gasteiger partial charge in [-0.3, -0.25) is 4.79 Å². The second kappa shape index (κ2) is 7.49. The van der Waals surface area contributed by atoms with Crippen LogP contribution in [0.25, 0.3) is 11.8 Å². The second-order valence-corrected chi connectivity index (χ2v) is 5.98. The number of amides is 1. The number of para-hydroxylation sites is 1. The third kappa shape index (κ3) is 3.87.